The number of aliphatic hydroxyl groups excluding tert-OH is 2. The number of hydrogen-bond donors (Lipinski definition) is 5. The number of phenols is 1. The van der Waals surface area contributed by atoms with Crippen molar-refractivity contribution in [1.82, 2.24) is 4.90 Å². The minimum atomic E-state index is -2.63. The summed E-state index contributed by atoms with van der Waals surface area (Å²) < 4.78 is 0. The predicted molar refractivity (Wildman–Crippen MR) is 131 cm³/mol. The minimum Gasteiger partial charge on any atom is -0.508 e. The second kappa shape index (κ2) is 7.65. The number of ketones is 2. The highest BCUT2D eigenvalue weighted by molar-refractivity contribution is 6.24. The predicted octanol–water partition coefficient (Wildman–Crippen LogP) is 1.73. The number of aryl methyl sites for hydroxylation is 2. The van der Waals surface area contributed by atoms with Crippen LogP contribution in [0.3, 0.4) is 0 Å². The molecule has 4 atom stereocenters. The molecule has 2 aromatic rings. The van der Waals surface area contributed by atoms with Gasteiger partial charge in [0.05, 0.1) is 11.6 Å². The summed E-state index contributed by atoms with van der Waals surface area (Å²) >= 11 is 0. The molecule has 3 aliphatic rings. The van der Waals surface area contributed by atoms with E-state index in [1.54, 1.807) is 20.2 Å². The van der Waals surface area contributed by atoms with Crippen molar-refractivity contribution in [1.29, 1.82) is 0 Å². The molecule has 1 saturated carbocycles. The molecule has 0 radical (unpaired) electrons. The number of Topliss-reactive ketones (excluding diaryl/α,β-unsaturated/α-hetero) is 2. The highest BCUT2D eigenvalue weighted by Crippen LogP contribution is 2.53. The fraction of sp³-hybridized carbons (Fsp3) is 0.370. The lowest BCUT2D eigenvalue weighted by Gasteiger charge is -2.50. The Hall–Kier alpha value is -3.69. The minimum absolute atomic E-state index is 0.0669. The van der Waals surface area contributed by atoms with Gasteiger partial charge in [-0.15, -0.1) is 0 Å². The molecular formula is C27H28N2O7. The monoisotopic (exact) mass is 492 g/mol. The standard InChI is InChI=1S/C27H28N2O7/c1-10-5-11(2)14-8-12-7-13-9-16-20(29(3)4)23(32)19(26(28)35)25(34)27(16,36)24(33)18(13)22(31)17(12)21(30)15(14)6-10/h5-6,8,13,16,20,30-31,34,36H,7,9H2,1-4H3,(H2,28,35)/t13-,16-,20-,27-/m0/s1. The second-order valence-electron chi connectivity index (χ2n) is 10.4. The first-order chi connectivity index (χ1) is 16.8. The van der Waals surface area contributed by atoms with Crippen LogP contribution in [0.4, 0.5) is 0 Å². The van der Waals surface area contributed by atoms with Crippen molar-refractivity contribution in [3.63, 3.8) is 0 Å². The number of primary amides is 1. The Kier molecular flexibility index (Phi) is 5.11. The summed E-state index contributed by atoms with van der Waals surface area (Å²) in [5.41, 5.74) is 4.34. The number of nitrogens with zero attached hydrogens (tertiary/aromatic N) is 1. The maximum absolute atomic E-state index is 13.8. The van der Waals surface area contributed by atoms with Gasteiger partial charge in [0.25, 0.3) is 5.91 Å². The molecule has 188 valence electrons. The highest BCUT2D eigenvalue weighted by atomic mass is 16.3. The number of benzene rings is 2. The van der Waals surface area contributed by atoms with Crippen LogP contribution in [0.1, 0.15) is 28.7 Å². The van der Waals surface area contributed by atoms with Gasteiger partial charge in [0, 0.05) is 16.9 Å². The topological polar surface area (TPSA) is 161 Å². The number of fused-ring (bicyclic) bond motifs is 4. The number of likely N-dealkylation sites (N-methyl/N-ethyl adjacent to an activating group) is 1. The van der Waals surface area contributed by atoms with Crippen LogP contribution in [0, 0.1) is 25.7 Å². The third-order valence-electron chi connectivity index (χ3n) is 7.99. The molecule has 0 aliphatic heterocycles. The fourth-order valence-corrected chi connectivity index (χ4v) is 6.48. The van der Waals surface area contributed by atoms with Gasteiger partial charge in [-0.25, -0.2) is 0 Å². The third-order valence-corrected chi connectivity index (χ3v) is 7.99. The molecule has 0 unspecified atom stereocenters. The highest BCUT2D eigenvalue weighted by Gasteiger charge is 2.64. The van der Waals surface area contributed by atoms with Crippen LogP contribution >= 0.6 is 0 Å². The molecule has 1 amide bonds. The molecule has 6 N–H and O–H groups in total. The van der Waals surface area contributed by atoms with E-state index in [0.717, 1.165) is 16.5 Å². The number of carbonyl (C=O) groups is 3. The van der Waals surface area contributed by atoms with Crippen LogP contribution in [-0.2, 0) is 20.8 Å². The zero-order valence-electron chi connectivity index (χ0n) is 20.4. The Labute approximate surface area is 207 Å². The van der Waals surface area contributed by atoms with Crippen LogP contribution in [0.2, 0.25) is 0 Å². The maximum atomic E-state index is 13.8. The first kappa shape index (κ1) is 24.0. The van der Waals surface area contributed by atoms with Crippen LogP contribution in [0.5, 0.6) is 5.75 Å². The zero-order valence-corrected chi connectivity index (χ0v) is 20.4. The van der Waals surface area contributed by atoms with E-state index in [2.05, 4.69) is 0 Å². The first-order valence-electron chi connectivity index (χ1n) is 11.7. The van der Waals surface area contributed by atoms with Gasteiger partial charge < -0.3 is 26.2 Å². The first-order valence-corrected chi connectivity index (χ1v) is 11.7. The number of aromatic hydroxyl groups is 1. The van der Waals surface area contributed by atoms with Crippen LogP contribution < -0.4 is 5.73 Å². The number of phenolic OH excluding ortho intramolecular Hbond substituents is 1. The second-order valence-corrected chi connectivity index (χ2v) is 10.4. The van der Waals surface area contributed by atoms with E-state index < -0.39 is 58.0 Å². The Morgan fingerprint density at radius 1 is 1.08 bits per heavy atom. The van der Waals surface area contributed by atoms with E-state index in [0.29, 0.717) is 10.9 Å². The van der Waals surface area contributed by atoms with Gasteiger partial charge >= 0.3 is 0 Å². The van der Waals surface area contributed by atoms with Crippen LogP contribution in [0.25, 0.3) is 16.5 Å². The lowest BCUT2D eigenvalue weighted by molar-refractivity contribution is -0.153. The van der Waals surface area contributed by atoms with Crippen molar-refractivity contribution in [2.24, 2.45) is 17.6 Å². The molecule has 2 aromatic carbocycles. The number of carbonyl (C=O) groups excluding carboxylic acids is 3. The molecular weight excluding hydrogens is 464 g/mol. The van der Waals surface area contributed by atoms with E-state index in [9.17, 15) is 34.8 Å². The summed E-state index contributed by atoms with van der Waals surface area (Å²) in [5, 5.41) is 46.4. The Balaban J connectivity index is 1.77. The Bertz CT molecular complexity index is 1470. The van der Waals surface area contributed by atoms with Crippen molar-refractivity contribution in [2.75, 3.05) is 14.1 Å². The molecule has 36 heavy (non-hydrogen) atoms. The molecule has 0 heterocycles. The molecule has 9 heteroatoms. The van der Waals surface area contributed by atoms with Crippen molar-refractivity contribution >= 4 is 34.0 Å². The Morgan fingerprint density at radius 2 is 1.75 bits per heavy atom. The van der Waals surface area contributed by atoms with Crippen LogP contribution in [0.15, 0.2) is 35.1 Å². The lowest BCUT2D eigenvalue weighted by Crippen LogP contribution is -2.65. The number of aliphatic hydroxyl groups is 3. The molecule has 5 rings (SSSR count). The SMILES string of the molecule is Cc1cc(C)c2cc3c(c(O)c2c1)C(O)=C1C(=O)[C@]2(O)C(O)=C(C(N)=O)C(=O)[C@@H](N(C)C)[C@@H]2C[C@@H]1C3. The summed E-state index contributed by atoms with van der Waals surface area (Å²) in [6.45, 7) is 3.81. The summed E-state index contributed by atoms with van der Waals surface area (Å²) in [7, 11) is 3.14. The number of amides is 1. The van der Waals surface area contributed by atoms with Gasteiger partial charge in [-0.2, -0.15) is 0 Å². The number of nitrogens with two attached hydrogens (primary N) is 1. The van der Waals surface area contributed by atoms with Gasteiger partial charge in [-0.3, -0.25) is 19.3 Å². The fourth-order valence-electron chi connectivity index (χ4n) is 6.48. The van der Waals surface area contributed by atoms with E-state index >= 15 is 0 Å². The maximum Gasteiger partial charge on any atom is 0.255 e. The van der Waals surface area contributed by atoms with Gasteiger partial charge in [0.1, 0.15) is 22.8 Å². The van der Waals surface area contributed by atoms with Crippen molar-refractivity contribution in [3.8, 4) is 5.75 Å². The van der Waals surface area contributed by atoms with Gasteiger partial charge in [-0.05, 0) is 75.3 Å². The van der Waals surface area contributed by atoms with Crippen molar-refractivity contribution in [2.45, 2.75) is 38.3 Å². The summed E-state index contributed by atoms with van der Waals surface area (Å²) in [4.78, 5) is 40.5. The zero-order chi connectivity index (χ0) is 26.4. The van der Waals surface area contributed by atoms with Gasteiger partial charge in [0.2, 0.25) is 5.78 Å². The van der Waals surface area contributed by atoms with Crippen molar-refractivity contribution < 1.29 is 34.8 Å². The lowest BCUT2D eigenvalue weighted by atomic mass is 9.57. The van der Waals surface area contributed by atoms with E-state index in [4.69, 9.17) is 5.73 Å². The summed E-state index contributed by atoms with van der Waals surface area (Å²) in [5.74, 6) is -6.46. The molecule has 0 spiro atoms. The number of rotatable bonds is 2. The molecule has 1 fully saturated rings. The van der Waals surface area contributed by atoms with E-state index in [1.807, 2.05) is 26.0 Å². The molecule has 3 aliphatic carbocycles. The van der Waals surface area contributed by atoms with Crippen LogP contribution in [-0.4, -0.2) is 68.5 Å². The largest absolute Gasteiger partial charge is 0.508 e. The van der Waals surface area contributed by atoms with Gasteiger partial charge in [-0.1, -0.05) is 11.6 Å². The smallest absolute Gasteiger partial charge is 0.255 e. The summed E-state index contributed by atoms with van der Waals surface area (Å²) in [6, 6.07) is 4.56. The number of hydrogen-bond acceptors (Lipinski definition) is 8. The Morgan fingerprint density at radius 3 is 2.36 bits per heavy atom. The molecule has 0 bridgehead atoms. The normalized spacial score (nSPS) is 27.9. The summed E-state index contributed by atoms with van der Waals surface area (Å²) in [6.07, 6.45) is 0.336. The molecule has 0 aromatic heterocycles. The average molecular weight is 493 g/mol. The van der Waals surface area contributed by atoms with Gasteiger partial charge in [0.15, 0.2) is 11.4 Å². The quantitative estimate of drug-likeness (QED) is 0.396. The average Bonchev–Trinajstić information content (AvgIpc) is 2.76. The third kappa shape index (κ3) is 2.93. The molecule has 0 saturated heterocycles. The van der Waals surface area contributed by atoms with E-state index in [-0.39, 0.29) is 29.7 Å². The van der Waals surface area contributed by atoms with E-state index in [1.165, 1.54) is 4.90 Å². The van der Waals surface area contributed by atoms with Crippen molar-refractivity contribution in [3.05, 3.63) is 57.4 Å². The molecule has 9 nitrogen and oxygen atoms in total.